The van der Waals surface area contributed by atoms with Gasteiger partial charge in [0.05, 0.1) is 21.8 Å². The van der Waals surface area contributed by atoms with E-state index in [0.29, 0.717) is 29.2 Å². The molecule has 1 aliphatic heterocycles. The van der Waals surface area contributed by atoms with E-state index in [1.807, 2.05) is 4.90 Å². The number of nitrogens with zero attached hydrogens (tertiary/aromatic N) is 2. The van der Waals surface area contributed by atoms with Crippen LogP contribution in [0.15, 0.2) is 54.7 Å². The van der Waals surface area contributed by atoms with E-state index in [1.54, 1.807) is 12.1 Å². The molecule has 0 radical (unpaired) electrons. The first-order valence-corrected chi connectivity index (χ1v) is 12.3. The number of aromatic nitrogens is 1. The predicted octanol–water partition coefficient (Wildman–Crippen LogP) is 4.39. The Morgan fingerprint density at radius 2 is 1.84 bits per heavy atom. The number of aliphatic hydroxyl groups excluding tert-OH is 1. The van der Waals surface area contributed by atoms with E-state index < -0.39 is 17.6 Å². The van der Waals surface area contributed by atoms with Gasteiger partial charge < -0.3 is 20.6 Å². The van der Waals surface area contributed by atoms with Gasteiger partial charge in [-0.05, 0) is 61.2 Å². The number of amides is 2. The van der Waals surface area contributed by atoms with Crippen molar-refractivity contribution in [1.29, 1.82) is 5.41 Å². The molecule has 0 saturated carbocycles. The lowest BCUT2D eigenvalue weighted by molar-refractivity contribution is 0.102. The predicted molar refractivity (Wildman–Crippen MR) is 144 cm³/mol. The number of piperidine rings is 1. The van der Waals surface area contributed by atoms with E-state index >= 15 is 4.39 Å². The molecule has 0 unspecified atom stereocenters. The fraction of sp³-hybridized carbons (Fsp3) is 0.214. The Kier molecular flexibility index (Phi) is 8.36. The van der Waals surface area contributed by atoms with Crippen molar-refractivity contribution in [1.82, 2.24) is 9.88 Å². The molecular weight excluding hydrogens is 509 g/mol. The Morgan fingerprint density at radius 3 is 2.47 bits per heavy atom. The molecule has 4 N–H and O–H groups in total. The maximum atomic E-state index is 15.0. The number of amidine groups is 1. The molecule has 1 fully saturated rings. The number of hydrogen-bond acceptors (Lipinski definition) is 5. The van der Waals surface area contributed by atoms with Crippen molar-refractivity contribution in [3.63, 3.8) is 0 Å². The molecule has 2 heterocycles. The molecule has 2 amide bonds. The molecule has 194 valence electrons. The normalized spacial score (nSPS) is 13.5. The van der Waals surface area contributed by atoms with Crippen molar-refractivity contribution in [3.8, 4) is 12.3 Å². The van der Waals surface area contributed by atoms with Gasteiger partial charge in [0.1, 0.15) is 17.5 Å². The SMILES string of the molecule is C#Cc1ccc(NC(=O)c2ccc(C(=N)N3CCC(CO)CC3)cc2F)c(C(=O)Nc2ccc(Cl)cn2)c1. The second kappa shape index (κ2) is 11.9. The summed E-state index contributed by atoms with van der Waals surface area (Å²) in [5.74, 6) is 0.910. The lowest BCUT2D eigenvalue weighted by atomic mass is 9.97. The minimum Gasteiger partial charge on any atom is -0.396 e. The quantitative estimate of drug-likeness (QED) is 0.213. The van der Waals surface area contributed by atoms with E-state index in [2.05, 4.69) is 21.5 Å². The number of rotatable bonds is 6. The molecule has 0 spiro atoms. The zero-order chi connectivity index (χ0) is 27.2. The number of nitrogens with one attached hydrogen (secondary N) is 3. The highest BCUT2D eigenvalue weighted by Crippen LogP contribution is 2.23. The number of aliphatic hydroxyl groups is 1. The van der Waals surface area contributed by atoms with Crippen LogP contribution >= 0.6 is 11.6 Å². The van der Waals surface area contributed by atoms with E-state index in [-0.39, 0.29) is 41.0 Å². The zero-order valence-electron chi connectivity index (χ0n) is 20.3. The lowest BCUT2D eigenvalue weighted by Crippen LogP contribution is -2.39. The zero-order valence-corrected chi connectivity index (χ0v) is 21.1. The molecule has 2 aromatic carbocycles. The summed E-state index contributed by atoms with van der Waals surface area (Å²) in [5.41, 5.74) is 0.705. The summed E-state index contributed by atoms with van der Waals surface area (Å²) < 4.78 is 15.0. The standard InChI is InChI=1S/C28H25ClFN5O3/c1-2-17-3-7-24(22(13-17)28(38)34-25-8-5-20(29)15-32-25)33-27(37)21-6-4-19(14-23(21)30)26(31)35-11-9-18(16-36)10-12-35/h1,3-8,13-15,18,31,36H,9-12,16H2,(H,33,37)(H,32,34,38). The van der Waals surface area contributed by atoms with Crippen LogP contribution in [-0.2, 0) is 0 Å². The van der Waals surface area contributed by atoms with Gasteiger partial charge in [-0.15, -0.1) is 6.42 Å². The third-order valence-electron chi connectivity index (χ3n) is 6.32. The monoisotopic (exact) mass is 533 g/mol. The lowest BCUT2D eigenvalue weighted by Gasteiger charge is -2.33. The van der Waals surface area contributed by atoms with Crippen LogP contribution in [0, 0.1) is 29.5 Å². The van der Waals surface area contributed by atoms with E-state index in [4.69, 9.17) is 23.4 Å². The number of carbonyl (C=O) groups excluding carboxylic acids is 2. The van der Waals surface area contributed by atoms with Gasteiger partial charge >= 0.3 is 0 Å². The Hall–Kier alpha value is -4.26. The molecule has 1 aromatic heterocycles. The third kappa shape index (κ3) is 6.17. The second-order valence-electron chi connectivity index (χ2n) is 8.83. The van der Waals surface area contributed by atoms with Gasteiger partial charge in [0.25, 0.3) is 11.8 Å². The van der Waals surface area contributed by atoms with Crippen molar-refractivity contribution in [2.75, 3.05) is 30.3 Å². The molecule has 38 heavy (non-hydrogen) atoms. The van der Waals surface area contributed by atoms with Crippen LogP contribution in [0.4, 0.5) is 15.9 Å². The van der Waals surface area contributed by atoms with Crippen molar-refractivity contribution in [3.05, 3.63) is 87.8 Å². The number of halogens is 2. The number of likely N-dealkylation sites (tertiary alicyclic amines) is 1. The van der Waals surface area contributed by atoms with Crippen LogP contribution in [-0.4, -0.2) is 52.3 Å². The summed E-state index contributed by atoms with van der Waals surface area (Å²) in [7, 11) is 0. The summed E-state index contributed by atoms with van der Waals surface area (Å²) >= 11 is 5.84. The van der Waals surface area contributed by atoms with Crippen molar-refractivity contribution in [2.24, 2.45) is 5.92 Å². The number of anilines is 2. The summed E-state index contributed by atoms with van der Waals surface area (Å²) in [6.07, 6.45) is 8.36. The average Bonchev–Trinajstić information content (AvgIpc) is 2.94. The molecule has 4 rings (SSSR count). The van der Waals surface area contributed by atoms with Gasteiger partial charge in [-0.1, -0.05) is 23.6 Å². The first-order chi connectivity index (χ1) is 18.3. The van der Waals surface area contributed by atoms with Gasteiger partial charge in [-0.2, -0.15) is 0 Å². The summed E-state index contributed by atoms with van der Waals surface area (Å²) in [6.45, 7) is 1.31. The summed E-state index contributed by atoms with van der Waals surface area (Å²) in [5, 5.41) is 23.3. The number of hydrogen-bond donors (Lipinski definition) is 4. The smallest absolute Gasteiger partial charge is 0.258 e. The Morgan fingerprint density at radius 1 is 1.11 bits per heavy atom. The van der Waals surface area contributed by atoms with Crippen molar-refractivity contribution >= 4 is 40.8 Å². The van der Waals surface area contributed by atoms with Gasteiger partial charge in [0.15, 0.2) is 0 Å². The van der Waals surface area contributed by atoms with E-state index in [9.17, 15) is 14.7 Å². The molecule has 0 aliphatic carbocycles. The molecule has 1 aliphatic rings. The first kappa shape index (κ1) is 26.8. The summed E-state index contributed by atoms with van der Waals surface area (Å²) in [4.78, 5) is 31.8. The number of benzene rings is 2. The maximum Gasteiger partial charge on any atom is 0.258 e. The van der Waals surface area contributed by atoms with Crippen LogP contribution in [0.1, 0.15) is 44.7 Å². The largest absolute Gasteiger partial charge is 0.396 e. The fourth-order valence-corrected chi connectivity index (χ4v) is 4.23. The van der Waals surface area contributed by atoms with E-state index in [0.717, 1.165) is 18.9 Å². The fourth-order valence-electron chi connectivity index (χ4n) is 4.12. The van der Waals surface area contributed by atoms with E-state index in [1.165, 1.54) is 36.5 Å². The molecule has 8 nitrogen and oxygen atoms in total. The number of pyridine rings is 1. The van der Waals surface area contributed by atoms with Crippen molar-refractivity contribution in [2.45, 2.75) is 12.8 Å². The molecule has 1 saturated heterocycles. The van der Waals surface area contributed by atoms with Crippen LogP contribution in [0.3, 0.4) is 0 Å². The molecule has 0 bridgehead atoms. The molecular formula is C28H25ClFN5O3. The second-order valence-corrected chi connectivity index (χ2v) is 9.27. The van der Waals surface area contributed by atoms with Gasteiger partial charge in [-0.25, -0.2) is 9.37 Å². The van der Waals surface area contributed by atoms with Crippen molar-refractivity contribution < 1.29 is 19.1 Å². The van der Waals surface area contributed by atoms with Crippen LogP contribution in [0.2, 0.25) is 5.02 Å². The minimum atomic E-state index is -0.799. The highest BCUT2D eigenvalue weighted by atomic mass is 35.5. The topological polar surface area (TPSA) is 118 Å². The molecule has 10 heteroatoms. The average molecular weight is 534 g/mol. The first-order valence-electron chi connectivity index (χ1n) is 11.9. The van der Waals surface area contributed by atoms with Gasteiger partial charge in [0.2, 0.25) is 0 Å². The van der Waals surface area contributed by atoms with Crippen LogP contribution < -0.4 is 10.6 Å². The minimum absolute atomic E-state index is 0.0654. The highest BCUT2D eigenvalue weighted by Gasteiger charge is 2.23. The Labute approximate surface area is 224 Å². The van der Waals surface area contributed by atoms with Crippen LogP contribution in [0.25, 0.3) is 0 Å². The number of terminal acetylenes is 1. The van der Waals surface area contributed by atoms with Gasteiger partial charge in [-0.3, -0.25) is 15.0 Å². The molecule has 0 atom stereocenters. The Balaban J connectivity index is 1.51. The summed E-state index contributed by atoms with van der Waals surface area (Å²) in [6, 6.07) is 11.5. The maximum absolute atomic E-state index is 15.0. The number of carbonyl (C=O) groups is 2. The van der Waals surface area contributed by atoms with Gasteiger partial charge in [0, 0.05) is 37.0 Å². The van der Waals surface area contributed by atoms with Crippen LogP contribution in [0.5, 0.6) is 0 Å². The Bertz CT molecular complexity index is 1410. The highest BCUT2D eigenvalue weighted by molar-refractivity contribution is 6.30. The molecule has 3 aromatic rings. The third-order valence-corrected chi connectivity index (χ3v) is 6.55.